The molecule has 17 heavy (non-hydrogen) atoms. The number of morpholine rings is 1. The summed E-state index contributed by atoms with van der Waals surface area (Å²) in [6.45, 7) is 8.13. The summed E-state index contributed by atoms with van der Waals surface area (Å²) in [5, 5.41) is 4.27. The second kappa shape index (κ2) is 5.48. The van der Waals surface area contributed by atoms with E-state index >= 15 is 0 Å². The van der Waals surface area contributed by atoms with Crippen LogP contribution in [0.25, 0.3) is 0 Å². The molecule has 0 amide bonds. The topological polar surface area (TPSA) is 38.5 Å². The van der Waals surface area contributed by atoms with E-state index in [1.807, 2.05) is 0 Å². The average molecular weight is 254 g/mol. The molecule has 1 fully saturated rings. The Hall–Kier alpha value is -0.420. The van der Waals surface area contributed by atoms with E-state index in [0.717, 1.165) is 32.7 Å². The van der Waals surface area contributed by atoms with Gasteiger partial charge in [0.25, 0.3) is 0 Å². The number of rotatable bonds is 4. The Kier molecular flexibility index (Phi) is 4.20. The normalized spacial score (nSPS) is 23.2. The molecule has 0 spiro atoms. The van der Waals surface area contributed by atoms with Crippen LogP contribution in [0.15, 0.2) is 16.8 Å². The van der Waals surface area contributed by atoms with Crippen LogP contribution in [0.5, 0.6) is 0 Å². The molecule has 2 heterocycles. The molecule has 1 aliphatic rings. The van der Waals surface area contributed by atoms with Gasteiger partial charge in [-0.25, -0.2) is 0 Å². The van der Waals surface area contributed by atoms with E-state index in [4.69, 9.17) is 10.5 Å². The number of hydrogen-bond donors (Lipinski definition) is 1. The SMILES string of the molecule is CCC(C)(C(N)c1ccsc1)N1CCOCC1. The third kappa shape index (κ3) is 2.55. The van der Waals surface area contributed by atoms with Gasteiger partial charge in [0.05, 0.1) is 13.2 Å². The van der Waals surface area contributed by atoms with Gasteiger partial charge in [-0.15, -0.1) is 0 Å². The smallest absolute Gasteiger partial charge is 0.0594 e. The largest absolute Gasteiger partial charge is 0.379 e. The molecule has 0 bridgehead atoms. The first-order valence-electron chi connectivity index (χ1n) is 6.29. The van der Waals surface area contributed by atoms with Gasteiger partial charge in [-0.2, -0.15) is 11.3 Å². The van der Waals surface area contributed by atoms with Gasteiger partial charge in [0.15, 0.2) is 0 Å². The van der Waals surface area contributed by atoms with Gasteiger partial charge in [0.2, 0.25) is 0 Å². The van der Waals surface area contributed by atoms with Gasteiger partial charge in [0, 0.05) is 24.7 Å². The molecule has 2 unspecified atom stereocenters. The fourth-order valence-electron chi connectivity index (χ4n) is 2.53. The monoisotopic (exact) mass is 254 g/mol. The molecule has 0 aliphatic carbocycles. The van der Waals surface area contributed by atoms with Gasteiger partial charge >= 0.3 is 0 Å². The molecule has 4 heteroatoms. The third-order valence-corrected chi connectivity index (χ3v) is 4.72. The Bertz CT molecular complexity index is 335. The van der Waals surface area contributed by atoms with Crippen LogP contribution < -0.4 is 5.73 Å². The van der Waals surface area contributed by atoms with E-state index in [2.05, 4.69) is 35.6 Å². The van der Waals surface area contributed by atoms with Crippen LogP contribution in [0.1, 0.15) is 31.9 Å². The molecule has 1 saturated heterocycles. The molecule has 2 N–H and O–H groups in total. The minimum Gasteiger partial charge on any atom is -0.379 e. The predicted molar refractivity (Wildman–Crippen MR) is 72.3 cm³/mol. The van der Waals surface area contributed by atoms with Crippen LogP contribution in [-0.4, -0.2) is 36.7 Å². The summed E-state index contributed by atoms with van der Waals surface area (Å²) in [6, 6.07) is 2.22. The maximum atomic E-state index is 6.48. The van der Waals surface area contributed by atoms with Gasteiger partial charge in [-0.05, 0) is 35.7 Å². The zero-order chi connectivity index (χ0) is 12.3. The summed E-state index contributed by atoms with van der Waals surface area (Å²) in [5.74, 6) is 0. The zero-order valence-corrected chi connectivity index (χ0v) is 11.5. The first-order chi connectivity index (χ1) is 8.18. The van der Waals surface area contributed by atoms with Crippen LogP contribution in [0.3, 0.4) is 0 Å². The van der Waals surface area contributed by atoms with Crippen molar-refractivity contribution in [3.05, 3.63) is 22.4 Å². The molecular weight excluding hydrogens is 232 g/mol. The molecule has 0 aromatic carbocycles. The molecule has 1 aromatic heterocycles. The van der Waals surface area contributed by atoms with Gasteiger partial charge < -0.3 is 10.5 Å². The van der Waals surface area contributed by atoms with Crippen molar-refractivity contribution >= 4 is 11.3 Å². The highest BCUT2D eigenvalue weighted by molar-refractivity contribution is 7.07. The van der Waals surface area contributed by atoms with Crippen molar-refractivity contribution in [2.75, 3.05) is 26.3 Å². The highest BCUT2D eigenvalue weighted by atomic mass is 32.1. The highest BCUT2D eigenvalue weighted by Gasteiger charge is 2.37. The molecular formula is C13H22N2OS. The van der Waals surface area contributed by atoms with Crippen molar-refractivity contribution in [3.8, 4) is 0 Å². The number of ether oxygens (including phenoxy) is 1. The second-order valence-corrected chi connectivity index (χ2v) is 5.62. The lowest BCUT2D eigenvalue weighted by Gasteiger charge is -2.46. The maximum Gasteiger partial charge on any atom is 0.0594 e. The lowest BCUT2D eigenvalue weighted by Crippen LogP contribution is -2.56. The van der Waals surface area contributed by atoms with Crippen molar-refractivity contribution in [1.82, 2.24) is 4.90 Å². The first-order valence-corrected chi connectivity index (χ1v) is 7.23. The van der Waals surface area contributed by atoms with Crippen molar-refractivity contribution in [3.63, 3.8) is 0 Å². The molecule has 0 saturated carbocycles. The second-order valence-electron chi connectivity index (χ2n) is 4.84. The Balaban J connectivity index is 2.17. The van der Waals surface area contributed by atoms with Crippen LogP contribution in [0, 0.1) is 0 Å². The molecule has 96 valence electrons. The van der Waals surface area contributed by atoms with Gasteiger partial charge in [-0.3, -0.25) is 4.90 Å². The van der Waals surface area contributed by atoms with Crippen molar-refractivity contribution in [1.29, 1.82) is 0 Å². The third-order valence-electron chi connectivity index (χ3n) is 4.02. The Labute approximate surface area is 108 Å². The summed E-state index contributed by atoms with van der Waals surface area (Å²) in [7, 11) is 0. The molecule has 3 nitrogen and oxygen atoms in total. The van der Waals surface area contributed by atoms with Crippen molar-refractivity contribution < 1.29 is 4.74 Å². The van der Waals surface area contributed by atoms with Crippen LogP contribution in [0.4, 0.5) is 0 Å². The zero-order valence-electron chi connectivity index (χ0n) is 10.7. The Morgan fingerprint density at radius 3 is 2.76 bits per heavy atom. The lowest BCUT2D eigenvalue weighted by molar-refractivity contribution is -0.0277. The lowest BCUT2D eigenvalue weighted by atomic mass is 9.84. The summed E-state index contributed by atoms with van der Waals surface area (Å²) in [5.41, 5.74) is 7.77. The van der Waals surface area contributed by atoms with Crippen LogP contribution in [-0.2, 0) is 4.74 Å². The summed E-state index contributed by atoms with van der Waals surface area (Å²) in [4.78, 5) is 2.48. The fourth-order valence-corrected chi connectivity index (χ4v) is 3.22. The van der Waals surface area contributed by atoms with E-state index in [9.17, 15) is 0 Å². The summed E-state index contributed by atoms with van der Waals surface area (Å²) >= 11 is 1.72. The van der Waals surface area contributed by atoms with Gasteiger partial charge in [0.1, 0.15) is 0 Å². The van der Waals surface area contributed by atoms with Crippen LogP contribution in [0.2, 0.25) is 0 Å². The number of hydrogen-bond acceptors (Lipinski definition) is 4. The number of thiophene rings is 1. The van der Waals surface area contributed by atoms with E-state index in [1.54, 1.807) is 11.3 Å². The standard InChI is InChI=1S/C13H22N2OS/c1-3-13(2,15-5-7-16-8-6-15)12(14)11-4-9-17-10-11/h4,9-10,12H,3,5-8,14H2,1-2H3. The molecule has 2 rings (SSSR count). The minimum atomic E-state index is 0.0326. The van der Waals surface area contributed by atoms with Gasteiger partial charge in [-0.1, -0.05) is 6.92 Å². The quantitative estimate of drug-likeness (QED) is 0.895. The molecule has 1 aromatic rings. The van der Waals surface area contributed by atoms with E-state index < -0.39 is 0 Å². The average Bonchev–Trinajstić information content (AvgIpc) is 2.92. The van der Waals surface area contributed by atoms with Crippen molar-refractivity contribution in [2.24, 2.45) is 5.73 Å². The van der Waals surface area contributed by atoms with E-state index in [0.29, 0.717) is 0 Å². The minimum absolute atomic E-state index is 0.0326. The highest BCUT2D eigenvalue weighted by Crippen LogP contribution is 2.33. The molecule has 2 atom stereocenters. The summed E-state index contributed by atoms with van der Waals surface area (Å²) < 4.78 is 5.43. The maximum absolute atomic E-state index is 6.48. The summed E-state index contributed by atoms with van der Waals surface area (Å²) in [6.07, 6.45) is 1.06. The first kappa shape index (κ1) is 13.0. The Morgan fingerprint density at radius 1 is 1.53 bits per heavy atom. The number of nitrogens with two attached hydrogens (primary N) is 1. The number of nitrogens with zero attached hydrogens (tertiary/aromatic N) is 1. The molecule has 1 aliphatic heterocycles. The van der Waals surface area contributed by atoms with Crippen molar-refractivity contribution in [2.45, 2.75) is 31.8 Å². The Morgan fingerprint density at radius 2 is 2.24 bits per heavy atom. The fraction of sp³-hybridized carbons (Fsp3) is 0.692. The van der Waals surface area contributed by atoms with Crippen LogP contribution >= 0.6 is 11.3 Å². The molecule has 0 radical (unpaired) electrons. The van der Waals surface area contributed by atoms with E-state index in [-0.39, 0.29) is 11.6 Å². The predicted octanol–water partition coefficient (Wildman–Crippen LogP) is 2.25. The van der Waals surface area contributed by atoms with E-state index in [1.165, 1.54) is 5.56 Å².